The number of aromatic nitrogens is 1. The van der Waals surface area contributed by atoms with E-state index in [-0.39, 0.29) is 22.9 Å². The number of nitrogens with zero attached hydrogens (tertiary/aromatic N) is 3. The zero-order chi connectivity index (χ0) is 23.3. The minimum Gasteiger partial charge on any atom is -0.361 e. The van der Waals surface area contributed by atoms with Gasteiger partial charge in [-0.3, -0.25) is 14.9 Å². The van der Waals surface area contributed by atoms with Crippen LogP contribution in [0.2, 0.25) is 0 Å². The van der Waals surface area contributed by atoms with E-state index in [2.05, 4.69) is 10.3 Å². The van der Waals surface area contributed by atoms with Crippen molar-refractivity contribution < 1.29 is 18.1 Å². The Morgan fingerprint density at radius 2 is 1.88 bits per heavy atom. The number of carbonyl (C=O) groups is 1. The molecule has 0 saturated heterocycles. The maximum atomic E-state index is 12.6. The van der Waals surface area contributed by atoms with Crippen molar-refractivity contribution in [1.29, 1.82) is 0 Å². The zero-order valence-electron chi connectivity index (χ0n) is 17.5. The van der Waals surface area contributed by atoms with E-state index < -0.39 is 14.9 Å². The molecule has 0 saturated carbocycles. The van der Waals surface area contributed by atoms with Gasteiger partial charge in [0.25, 0.3) is 5.69 Å². The first-order valence-corrected chi connectivity index (χ1v) is 12.0. The summed E-state index contributed by atoms with van der Waals surface area (Å²) in [6.07, 6.45) is 2.04. The summed E-state index contributed by atoms with van der Waals surface area (Å²) in [6, 6.07) is 12.2. The standard InChI is InChI=1S/C21H22N4O5S2/c1-15-6-3-4-7-18(15)20(26)19-14-23-21(31-19)22-12-5-13-24(2)32(29,30)17-10-8-16(9-11-17)25(27)28/h3-4,6-11,14H,5,12-13H2,1-2H3,(H,22,23). The third-order valence-electron chi connectivity index (χ3n) is 4.80. The van der Waals surface area contributed by atoms with E-state index in [1.807, 2.05) is 25.1 Å². The highest BCUT2D eigenvalue weighted by molar-refractivity contribution is 7.89. The number of thiazole rings is 1. The van der Waals surface area contributed by atoms with Crippen molar-refractivity contribution in [2.75, 3.05) is 25.5 Å². The van der Waals surface area contributed by atoms with Crippen LogP contribution in [0.4, 0.5) is 10.8 Å². The Morgan fingerprint density at radius 3 is 2.53 bits per heavy atom. The van der Waals surface area contributed by atoms with Gasteiger partial charge >= 0.3 is 0 Å². The summed E-state index contributed by atoms with van der Waals surface area (Å²) in [5.41, 5.74) is 1.37. The van der Waals surface area contributed by atoms with Gasteiger partial charge in [-0.15, -0.1) is 0 Å². The van der Waals surface area contributed by atoms with Gasteiger partial charge in [0.2, 0.25) is 15.8 Å². The van der Waals surface area contributed by atoms with Gasteiger partial charge < -0.3 is 5.32 Å². The van der Waals surface area contributed by atoms with Gasteiger partial charge in [-0.05, 0) is 31.0 Å². The number of aryl methyl sites for hydroxylation is 1. The maximum absolute atomic E-state index is 12.6. The predicted molar refractivity (Wildman–Crippen MR) is 123 cm³/mol. The fourth-order valence-corrected chi connectivity index (χ4v) is 4.96. The fraction of sp³-hybridized carbons (Fsp3) is 0.238. The summed E-state index contributed by atoms with van der Waals surface area (Å²) in [5, 5.41) is 14.4. The number of ketones is 1. The van der Waals surface area contributed by atoms with Crippen molar-refractivity contribution in [1.82, 2.24) is 9.29 Å². The van der Waals surface area contributed by atoms with Crippen LogP contribution in [0.1, 0.15) is 27.2 Å². The van der Waals surface area contributed by atoms with Gasteiger partial charge in [0.1, 0.15) is 0 Å². The molecule has 2 aromatic carbocycles. The average molecular weight is 475 g/mol. The number of anilines is 1. The Balaban J connectivity index is 1.52. The summed E-state index contributed by atoms with van der Waals surface area (Å²) in [7, 11) is -2.29. The van der Waals surface area contributed by atoms with Crippen LogP contribution in [0.5, 0.6) is 0 Å². The first-order valence-electron chi connectivity index (χ1n) is 9.71. The van der Waals surface area contributed by atoms with E-state index in [9.17, 15) is 23.3 Å². The molecule has 168 valence electrons. The minimum atomic E-state index is -3.74. The number of non-ortho nitro benzene ring substituents is 1. The van der Waals surface area contributed by atoms with Crippen LogP contribution >= 0.6 is 11.3 Å². The lowest BCUT2D eigenvalue weighted by molar-refractivity contribution is -0.384. The molecule has 0 aliphatic rings. The van der Waals surface area contributed by atoms with Gasteiger partial charge in [0.15, 0.2) is 5.13 Å². The minimum absolute atomic E-state index is 0.00200. The molecule has 0 fully saturated rings. The smallest absolute Gasteiger partial charge is 0.269 e. The summed E-state index contributed by atoms with van der Waals surface area (Å²) in [6.45, 7) is 2.59. The quantitative estimate of drug-likeness (QED) is 0.206. The van der Waals surface area contributed by atoms with Gasteiger partial charge in [0.05, 0.1) is 20.9 Å². The van der Waals surface area contributed by atoms with Gasteiger partial charge in [-0.2, -0.15) is 0 Å². The lowest BCUT2D eigenvalue weighted by atomic mass is 10.0. The summed E-state index contributed by atoms with van der Waals surface area (Å²) in [4.78, 5) is 27.5. The van der Waals surface area contributed by atoms with Crippen LogP contribution in [0.25, 0.3) is 0 Å². The van der Waals surface area contributed by atoms with E-state index in [0.29, 0.717) is 28.5 Å². The molecule has 0 aliphatic heterocycles. The Hall–Kier alpha value is -3.15. The number of hydrogen-bond donors (Lipinski definition) is 1. The van der Waals surface area contributed by atoms with Gasteiger partial charge in [0, 0.05) is 37.8 Å². The van der Waals surface area contributed by atoms with Crippen molar-refractivity contribution in [2.45, 2.75) is 18.2 Å². The van der Waals surface area contributed by atoms with Crippen LogP contribution in [-0.2, 0) is 10.0 Å². The Kier molecular flexibility index (Phi) is 7.33. The molecule has 1 aromatic heterocycles. The Labute approximate surface area is 189 Å². The molecule has 0 aliphatic carbocycles. The number of benzene rings is 2. The fourth-order valence-electron chi connectivity index (χ4n) is 2.96. The van der Waals surface area contributed by atoms with E-state index >= 15 is 0 Å². The molecule has 0 amide bonds. The first-order chi connectivity index (χ1) is 15.2. The maximum Gasteiger partial charge on any atom is 0.269 e. The summed E-state index contributed by atoms with van der Waals surface area (Å²) < 4.78 is 26.4. The van der Waals surface area contributed by atoms with Crippen molar-refractivity contribution in [2.24, 2.45) is 0 Å². The molecule has 0 radical (unpaired) electrons. The van der Waals surface area contributed by atoms with Gasteiger partial charge in [-0.25, -0.2) is 17.7 Å². The molecular weight excluding hydrogens is 452 g/mol. The molecule has 1 heterocycles. The Bertz CT molecular complexity index is 1220. The second kappa shape index (κ2) is 9.98. The number of nitro benzene ring substituents is 1. The third kappa shape index (κ3) is 5.36. The van der Waals surface area contributed by atoms with Crippen molar-refractivity contribution in [3.8, 4) is 0 Å². The van der Waals surface area contributed by atoms with E-state index in [1.54, 1.807) is 6.07 Å². The highest BCUT2D eigenvalue weighted by atomic mass is 32.2. The second-order valence-corrected chi connectivity index (χ2v) is 10.1. The average Bonchev–Trinajstić information content (AvgIpc) is 3.25. The van der Waals surface area contributed by atoms with Crippen molar-refractivity contribution in [3.63, 3.8) is 0 Å². The monoisotopic (exact) mass is 474 g/mol. The SMILES string of the molecule is Cc1ccccc1C(=O)c1cnc(NCCCN(C)S(=O)(=O)c2ccc([N+](=O)[O-])cc2)s1. The van der Waals surface area contributed by atoms with E-state index in [0.717, 1.165) is 5.56 Å². The molecule has 9 nitrogen and oxygen atoms in total. The van der Waals surface area contributed by atoms with Gasteiger partial charge in [-0.1, -0.05) is 35.6 Å². The topological polar surface area (TPSA) is 123 Å². The molecule has 0 spiro atoms. The second-order valence-electron chi connectivity index (χ2n) is 7.03. The molecule has 1 N–H and O–H groups in total. The molecule has 3 aromatic rings. The van der Waals surface area contributed by atoms with Crippen molar-refractivity contribution >= 4 is 38.0 Å². The zero-order valence-corrected chi connectivity index (χ0v) is 19.1. The molecule has 0 atom stereocenters. The lowest BCUT2D eigenvalue weighted by Gasteiger charge is -2.17. The largest absolute Gasteiger partial charge is 0.361 e. The van der Waals surface area contributed by atoms with E-state index in [4.69, 9.17) is 0 Å². The number of nitrogens with one attached hydrogen (secondary N) is 1. The van der Waals surface area contributed by atoms with Crippen LogP contribution in [-0.4, -0.2) is 48.6 Å². The Morgan fingerprint density at radius 1 is 1.19 bits per heavy atom. The number of nitro groups is 1. The predicted octanol–water partition coefficient (Wildman–Crippen LogP) is 3.71. The number of hydrogen-bond acceptors (Lipinski definition) is 8. The number of carbonyl (C=O) groups excluding carboxylic acids is 1. The summed E-state index contributed by atoms with van der Waals surface area (Å²) in [5.74, 6) is -0.0809. The molecule has 11 heteroatoms. The third-order valence-corrected chi connectivity index (χ3v) is 7.63. The molecule has 0 bridgehead atoms. The highest BCUT2D eigenvalue weighted by Gasteiger charge is 2.21. The number of sulfonamides is 1. The molecular formula is C21H22N4O5S2. The highest BCUT2D eigenvalue weighted by Crippen LogP contribution is 2.23. The first kappa shape index (κ1) is 23.5. The van der Waals surface area contributed by atoms with Crippen LogP contribution in [0, 0.1) is 17.0 Å². The molecule has 0 unspecified atom stereocenters. The van der Waals surface area contributed by atoms with Crippen LogP contribution < -0.4 is 5.32 Å². The lowest BCUT2D eigenvalue weighted by Crippen LogP contribution is -2.29. The van der Waals surface area contributed by atoms with Crippen LogP contribution in [0.15, 0.2) is 59.6 Å². The molecule has 3 rings (SSSR count). The summed E-state index contributed by atoms with van der Waals surface area (Å²) >= 11 is 1.25. The molecule has 32 heavy (non-hydrogen) atoms. The number of rotatable bonds is 10. The normalized spacial score (nSPS) is 11.5. The van der Waals surface area contributed by atoms with Crippen LogP contribution in [0.3, 0.4) is 0 Å². The van der Waals surface area contributed by atoms with Crippen molar-refractivity contribution in [3.05, 3.63) is 80.8 Å². The van der Waals surface area contributed by atoms with E-state index in [1.165, 1.54) is 53.2 Å².